The summed E-state index contributed by atoms with van der Waals surface area (Å²) in [4.78, 5) is 14.9. The van der Waals surface area contributed by atoms with Gasteiger partial charge in [-0.3, -0.25) is 9.78 Å². The number of hydrogen-bond donors (Lipinski definition) is 0. The molecule has 0 fully saturated rings. The van der Waals surface area contributed by atoms with Crippen LogP contribution in [0.1, 0.15) is 10.4 Å². The topological polar surface area (TPSA) is 48.4 Å². The second kappa shape index (κ2) is 6.72. The van der Waals surface area contributed by atoms with Crippen LogP contribution in [-0.2, 0) is 0 Å². The Labute approximate surface area is 128 Å². The molecule has 1 heterocycles. The highest BCUT2D eigenvalue weighted by molar-refractivity contribution is 5.79. The van der Waals surface area contributed by atoms with Gasteiger partial charge in [0.15, 0.2) is 0 Å². The molecule has 22 heavy (non-hydrogen) atoms. The fourth-order valence-corrected chi connectivity index (χ4v) is 2.10. The van der Waals surface area contributed by atoms with Gasteiger partial charge >= 0.3 is 0 Å². The largest absolute Gasteiger partial charge is 0.490 e. The molecule has 0 atom stereocenters. The number of nitrogens with zero attached hydrogens (tertiary/aromatic N) is 1. The third kappa shape index (κ3) is 3.41. The Morgan fingerprint density at radius 2 is 1.64 bits per heavy atom. The van der Waals surface area contributed by atoms with E-state index in [2.05, 4.69) is 4.98 Å². The van der Waals surface area contributed by atoms with Gasteiger partial charge in [-0.15, -0.1) is 0 Å². The molecule has 2 aromatic carbocycles. The second-order valence-corrected chi connectivity index (χ2v) is 4.74. The van der Waals surface area contributed by atoms with Crippen molar-refractivity contribution in [2.24, 2.45) is 0 Å². The van der Waals surface area contributed by atoms with Crippen LogP contribution in [0.2, 0.25) is 0 Å². The van der Waals surface area contributed by atoms with Crippen molar-refractivity contribution in [2.45, 2.75) is 0 Å². The predicted molar refractivity (Wildman–Crippen MR) is 84.6 cm³/mol. The van der Waals surface area contributed by atoms with Gasteiger partial charge < -0.3 is 9.47 Å². The molecule has 0 saturated carbocycles. The number of aldehydes is 1. The van der Waals surface area contributed by atoms with Gasteiger partial charge in [-0.1, -0.05) is 6.07 Å². The Morgan fingerprint density at radius 1 is 0.909 bits per heavy atom. The number of hydrogen-bond acceptors (Lipinski definition) is 4. The predicted octanol–water partition coefficient (Wildman–Crippen LogP) is 3.51. The van der Waals surface area contributed by atoms with Crippen LogP contribution < -0.4 is 9.47 Å². The quantitative estimate of drug-likeness (QED) is 0.515. The van der Waals surface area contributed by atoms with E-state index in [1.54, 1.807) is 30.5 Å². The van der Waals surface area contributed by atoms with Gasteiger partial charge in [0.05, 0.1) is 5.52 Å². The van der Waals surface area contributed by atoms with Crippen LogP contribution in [0.15, 0.2) is 60.8 Å². The smallest absolute Gasteiger partial charge is 0.150 e. The first kappa shape index (κ1) is 14.1. The average Bonchev–Trinajstić information content (AvgIpc) is 2.59. The molecular formula is C18H15NO3. The summed E-state index contributed by atoms with van der Waals surface area (Å²) in [6.45, 7) is 0.870. The summed E-state index contributed by atoms with van der Waals surface area (Å²) >= 11 is 0. The van der Waals surface area contributed by atoms with Gasteiger partial charge in [0.1, 0.15) is 31.0 Å². The molecule has 0 bridgehead atoms. The zero-order chi connectivity index (χ0) is 15.2. The summed E-state index contributed by atoms with van der Waals surface area (Å²) in [7, 11) is 0. The molecule has 4 heteroatoms. The van der Waals surface area contributed by atoms with E-state index >= 15 is 0 Å². The summed E-state index contributed by atoms with van der Waals surface area (Å²) in [5.41, 5.74) is 1.54. The van der Waals surface area contributed by atoms with Crippen molar-refractivity contribution in [3.8, 4) is 11.5 Å². The number of carbonyl (C=O) groups is 1. The van der Waals surface area contributed by atoms with E-state index in [-0.39, 0.29) is 0 Å². The minimum absolute atomic E-state index is 0.431. The fourth-order valence-electron chi connectivity index (χ4n) is 2.10. The van der Waals surface area contributed by atoms with Gasteiger partial charge in [-0.25, -0.2) is 0 Å². The molecule has 0 aliphatic heterocycles. The number of aromatic nitrogens is 1. The molecule has 0 aliphatic carbocycles. The summed E-state index contributed by atoms with van der Waals surface area (Å²) in [5, 5.41) is 1.08. The van der Waals surface area contributed by atoms with Crippen molar-refractivity contribution >= 4 is 17.2 Å². The van der Waals surface area contributed by atoms with Crippen LogP contribution in [0.3, 0.4) is 0 Å². The summed E-state index contributed by atoms with van der Waals surface area (Å²) in [5.74, 6) is 1.49. The minimum atomic E-state index is 0.431. The fraction of sp³-hybridized carbons (Fsp3) is 0.111. The maximum atomic E-state index is 10.6. The number of pyridine rings is 1. The number of fused-ring (bicyclic) bond motifs is 1. The van der Waals surface area contributed by atoms with Gasteiger partial charge in [-0.2, -0.15) is 0 Å². The molecule has 0 spiro atoms. The Bertz CT molecular complexity index is 769. The van der Waals surface area contributed by atoms with E-state index in [0.717, 1.165) is 28.7 Å². The first-order valence-electron chi connectivity index (χ1n) is 7.01. The van der Waals surface area contributed by atoms with Gasteiger partial charge in [0.25, 0.3) is 0 Å². The first-order chi connectivity index (χ1) is 10.8. The van der Waals surface area contributed by atoms with Crippen molar-refractivity contribution < 1.29 is 14.3 Å². The molecule has 0 aliphatic rings. The molecule has 0 radical (unpaired) electrons. The van der Waals surface area contributed by atoms with E-state index in [0.29, 0.717) is 18.8 Å². The maximum absolute atomic E-state index is 10.6. The van der Waals surface area contributed by atoms with E-state index in [1.165, 1.54) is 0 Å². The van der Waals surface area contributed by atoms with Crippen LogP contribution in [0.25, 0.3) is 10.9 Å². The Kier molecular flexibility index (Phi) is 4.30. The SMILES string of the molecule is O=Cc1ccc(OCCOc2ccc3cccnc3c2)cc1. The molecular weight excluding hydrogens is 278 g/mol. The van der Waals surface area contributed by atoms with E-state index in [9.17, 15) is 4.79 Å². The van der Waals surface area contributed by atoms with E-state index < -0.39 is 0 Å². The van der Waals surface area contributed by atoms with E-state index in [1.807, 2.05) is 30.3 Å². The highest BCUT2D eigenvalue weighted by Crippen LogP contribution is 2.18. The number of ether oxygens (including phenoxy) is 2. The van der Waals surface area contributed by atoms with Crippen LogP contribution in [0.5, 0.6) is 11.5 Å². The van der Waals surface area contributed by atoms with Crippen molar-refractivity contribution in [2.75, 3.05) is 13.2 Å². The molecule has 0 N–H and O–H groups in total. The van der Waals surface area contributed by atoms with Crippen molar-refractivity contribution in [3.63, 3.8) is 0 Å². The molecule has 0 saturated heterocycles. The first-order valence-corrected chi connectivity index (χ1v) is 7.01. The number of benzene rings is 2. The van der Waals surface area contributed by atoms with Crippen LogP contribution in [0, 0.1) is 0 Å². The lowest BCUT2D eigenvalue weighted by molar-refractivity contribution is 0.112. The lowest BCUT2D eigenvalue weighted by Crippen LogP contribution is -2.09. The van der Waals surface area contributed by atoms with Crippen LogP contribution in [0.4, 0.5) is 0 Å². The minimum Gasteiger partial charge on any atom is -0.490 e. The Morgan fingerprint density at radius 3 is 2.41 bits per heavy atom. The van der Waals surface area contributed by atoms with Crippen molar-refractivity contribution in [1.82, 2.24) is 4.98 Å². The molecule has 0 amide bonds. The standard InChI is InChI=1S/C18H15NO3/c20-13-14-3-6-16(7-4-14)21-10-11-22-17-8-5-15-2-1-9-19-18(15)12-17/h1-9,12-13H,10-11H2. The van der Waals surface area contributed by atoms with Gasteiger partial charge in [0, 0.05) is 23.2 Å². The maximum Gasteiger partial charge on any atom is 0.150 e. The molecule has 0 unspecified atom stereocenters. The van der Waals surface area contributed by atoms with Gasteiger partial charge in [-0.05, 0) is 42.5 Å². The number of carbonyl (C=O) groups excluding carboxylic acids is 1. The summed E-state index contributed by atoms with van der Waals surface area (Å²) in [6, 6.07) is 16.7. The van der Waals surface area contributed by atoms with Crippen LogP contribution >= 0.6 is 0 Å². The molecule has 3 rings (SSSR count). The normalized spacial score (nSPS) is 10.4. The highest BCUT2D eigenvalue weighted by atomic mass is 16.5. The summed E-state index contributed by atoms with van der Waals surface area (Å²) < 4.78 is 11.2. The Balaban J connectivity index is 1.52. The van der Waals surface area contributed by atoms with E-state index in [4.69, 9.17) is 9.47 Å². The second-order valence-electron chi connectivity index (χ2n) is 4.74. The zero-order valence-corrected chi connectivity index (χ0v) is 11.9. The molecule has 110 valence electrons. The average molecular weight is 293 g/mol. The van der Waals surface area contributed by atoms with Gasteiger partial charge in [0.2, 0.25) is 0 Å². The van der Waals surface area contributed by atoms with Crippen LogP contribution in [-0.4, -0.2) is 24.5 Å². The molecule has 4 nitrogen and oxygen atoms in total. The summed E-state index contributed by atoms with van der Waals surface area (Å²) in [6.07, 6.45) is 2.57. The third-order valence-electron chi connectivity index (χ3n) is 3.21. The Hall–Kier alpha value is -2.88. The zero-order valence-electron chi connectivity index (χ0n) is 11.9. The van der Waals surface area contributed by atoms with Crippen molar-refractivity contribution in [1.29, 1.82) is 0 Å². The monoisotopic (exact) mass is 293 g/mol. The molecule has 1 aromatic heterocycles. The molecule has 3 aromatic rings. The lowest BCUT2D eigenvalue weighted by Gasteiger charge is -2.09. The number of rotatable bonds is 6. The lowest BCUT2D eigenvalue weighted by atomic mass is 10.2. The highest BCUT2D eigenvalue weighted by Gasteiger charge is 1.99. The third-order valence-corrected chi connectivity index (χ3v) is 3.21. The van der Waals surface area contributed by atoms with Crippen molar-refractivity contribution in [3.05, 3.63) is 66.4 Å².